The van der Waals surface area contributed by atoms with Crippen LogP contribution in [0.2, 0.25) is 0 Å². The van der Waals surface area contributed by atoms with Crippen LogP contribution in [0.1, 0.15) is 12.5 Å². The van der Waals surface area contributed by atoms with E-state index >= 15 is 0 Å². The highest BCUT2D eigenvalue weighted by molar-refractivity contribution is 5.60. The lowest BCUT2D eigenvalue weighted by Crippen LogP contribution is -1.89. The second kappa shape index (κ2) is 5.79. The zero-order valence-corrected chi connectivity index (χ0v) is 11.6. The van der Waals surface area contributed by atoms with Crippen LogP contribution in [0.4, 0.5) is 16.1 Å². The van der Waals surface area contributed by atoms with Crippen LogP contribution in [0.3, 0.4) is 0 Å². The average molecular weight is 282 g/mol. The van der Waals surface area contributed by atoms with Gasteiger partial charge in [-0.1, -0.05) is 25.1 Å². The SMILES string of the molecule is CCc1cccc(-c2cnc(Nc3ccc(F)cc3)o2)c1. The van der Waals surface area contributed by atoms with Crippen molar-refractivity contribution in [3.63, 3.8) is 0 Å². The van der Waals surface area contributed by atoms with Crippen LogP contribution < -0.4 is 5.32 Å². The molecule has 0 aliphatic carbocycles. The minimum absolute atomic E-state index is 0.273. The van der Waals surface area contributed by atoms with Crippen LogP contribution in [0.25, 0.3) is 11.3 Å². The smallest absolute Gasteiger partial charge is 0.299 e. The summed E-state index contributed by atoms with van der Waals surface area (Å²) >= 11 is 0. The summed E-state index contributed by atoms with van der Waals surface area (Å²) in [5.74, 6) is 0.430. The molecule has 0 saturated carbocycles. The molecule has 21 heavy (non-hydrogen) atoms. The quantitative estimate of drug-likeness (QED) is 0.748. The molecular formula is C17H15FN2O. The molecule has 3 aromatic rings. The van der Waals surface area contributed by atoms with Gasteiger partial charge in [0.1, 0.15) is 5.82 Å². The maximum atomic E-state index is 12.9. The van der Waals surface area contributed by atoms with Crippen molar-refractivity contribution in [1.29, 1.82) is 0 Å². The summed E-state index contributed by atoms with van der Waals surface area (Å²) in [6.07, 6.45) is 2.66. The molecule has 0 atom stereocenters. The van der Waals surface area contributed by atoms with E-state index in [2.05, 4.69) is 29.4 Å². The maximum absolute atomic E-state index is 12.9. The Morgan fingerprint density at radius 2 is 1.95 bits per heavy atom. The summed E-state index contributed by atoms with van der Waals surface area (Å²) < 4.78 is 18.5. The number of benzene rings is 2. The number of anilines is 2. The minimum atomic E-state index is -0.273. The second-order valence-electron chi connectivity index (χ2n) is 4.72. The Labute approximate surface area is 122 Å². The van der Waals surface area contributed by atoms with Gasteiger partial charge in [0.25, 0.3) is 6.01 Å². The van der Waals surface area contributed by atoms with E-state index in [0.29, 0.717) is 11.8 Å². The fraction of sp³-hybridized carbons (Fsp3) is 0.118. The highest BCUT2D eigenvalue weighted by Gasteiger charge is 2.07. The van der Waals surface area contributed by atoms with Crippen LogP contribution in [-0.4, -0.2) is 4.98 Å². The van der Waals surface area contributed by atoms with Gasteiger partial charge in [0.05, 0.1) is 6.20 Å². The molecule has 2 aromatic carbocycles. The second-order valence-corrected chi connectivity index (χ2v) is 4.72. The lowest BCUT2D eigenvalue weighted by Gasteiger charge is -2.02. The number of nitrogens with zero attached hydrogens (tertiary/aromatic N) is 1. The lowest BCUT2D eigenvalue weighted by molar-refractivity contribution is 0.591. The van der Waals surface area contributed by atoms with E-state index in [-0.39, 0.29) is 5.82 Å². The van der Waals surface area contributed by atoms with Gasteiger partial charge in [-0.2, -0.15) is 0 Å². The number of oxazole rings is 1. The first-order chi connectivity index (χ1) is 10.2. The third-order valence-electron chi connectivity index (χ3n) is 3.22. The summed E-state index contributed by atoms with van der Waals surface area (Å²) in [5, 5.41) is 3.01. The normalized spacial score (nSPS) is 10.6. The third kappa shape index (κ3) is 3.11. The van der Waals surface area contributed by atoms with Crippen molar-refractivity contribution in [3.8, 4) is 11.3 Å². The average Bonchev–Trinajstić information content (AvgIpc) is 2.98. The Kier molecular flexibility index (Phi) is 3.69. The Bertz CT molecular complexity index is 735. The van der Waals surface area contributed by atoms with E-state index < -0.39 is 0 Å². The Morgan fingerprint density at radius 1 is 1.14 bits per heavy atom. The molecule has 0 fully saturated rings. The van der Waals surface area contributed by atoms with E-state index in [0.717, 1.165) is 17.7 Å². The lowest BCUT2D eigenvalue weighted by atomic mass is 10.1. The molecule has 0 spiro atoms. The van der Waals surface area contributed by atoms with E-state index in [1.54, 1.807) is 18.3 Å². The van der Waals surface area contributed by atoms with Gasteiger partial charge in [-0.05, 0) is 42.3 Å². The highest BCUT2D eigenvalue weighted by atomic mass is 19.1. The van der Waals surface area contributed by atoms with Crippen LogP contribution in [0.5, 0.6) is 0 Å². The van der Waals surface area contributed by atoms with Crippen molar-refractivity contribution in [3.05, 3.63) is 66.1 Å². The number of hydrogen-bond donors (Lipinski definition) is 1. The third-order valence-corrected chi connectivity index (χ3v) is 3.22. The highest BCUT2D eigenvalue weighted by Crippen LogP contribution is 2.25. The van der Waals surface area contributed by atoms with Gasteiger partial charge in [-0.15, -0.1) is 0 Å². The first-order valence-corrected chi connectivity index (χ1v) is 6.82. The number of halogens is 1. The van der Waals surface area contributed by atoms with Crippen LogP contribution in [0.15, 0.2) is 59.1 Å². The van der Waals surface area contributed by atoms with Crippen molar-refractivity contribution in [1.82, 2.24) is 4.98 Å². The molecule has 0 bridgehead atoms. The van der Waals surface area contributed by atoms with Crippen molar-refractivity contribution in [2.45, 2.75) is 13.3 Å². The van der Waals surface area contributed by atoms with Crippen molar-refractivity contribution in [2.24, 2.45) is 0 Å². The van der Waals surface area contributed by atoms with Crippen LogP contribution in [-0.2, 0) is 6.42 Å². The largest absolute Gasteiger partial charge is 0.423 e. The monoisotopic (exact) mass is 282 g/mol. The van der Waals surface area contributed by atoms with Gasteiger partial charge in [0.15, 0.2) is 5.76 Å². The van der Waals surface area contributed by atoms with E-state index in [9.17, 15) is 4.39 Å². The molecular weight excluding hydrogens is 267 g/mol. The number of aromatic nitrogens is 1. The van der Waals surface area contributed by atoms with E-state index in [1.165, 1.54) is 17.7 Å². The summed E-state index contributed by atoms with van der Waals surface area (Å²) in [6.45, 7) is 2.11. The molecule has 0 unspecified atom stereocenters. The summed E-state index contributed by atoms with van der Waals surface area (Å²) in [5.41, 5.74) is 2.97. The molecule has 0 amide bonds. The Hall–Kier alpha value is -2.62. The molecule has 1 N–H and O–H groups in total. The maximum Gasteiger partial charge on any atom is 0.299 e. The fourth-order valence-electron chi connectivity index (χ4n) is 2.07. The van der Waals surface area contributed by atoms with Gasteiger partial charge in [0, 0.05) is 11.3 Å². The molecule has 1 heterocycles. The Balaban J connectivity index is 1.81. The zero-order valence-electron chi connectivity index (χ0n) is 11.6. The van der Waals surface area contributed by atoms with Gasteiger partial charge >= 0.3 is 0 Å². The molecule has 0 aliphatic heterocycles. The summed E-state index contributed by atoms with van der Waals surface area (Å²) in [4.78, 5) is 4.19. The predicted octanol–water partition coefficient (Wildman–Crippen LogP) is 4.79. The van der Waals surface area contributed by atoms with Gasteiger partial charge < -0.3 is 9.73 Å². The molecule has 3 rings (SSSR count). The van der Waals surface area contributed by atoms with E-state index in [1.807, 2.05) is 12.1 Å². The standard InChI is InChI=1S/C17H15FN2O/c1-2-12-4-3-5-13(10-12)16-11-19-17(21-16)20-15-8-6-14(18)7-9-15/h3-11H,2H2,1H3,(H,19,20). The first-order valence-electron chi connectivity index (χ1n) is 6.82. The van der Waals surface area contributed by atoms with Crippen LogP contribution in [0, 0.1) is 5.82 Å². The predicted molar refractivity (Wildman–Crippen MR) is 81.0 cm³/mol. The van der Waals surface area contributed by atoms with Gasteiger partial charge in [-0.25, -0.2) is 9.37 Å². The Morgan fingerprint density at radius 3 is 2.71 bits per heavy atom. The zero-order chi connectivity index (χ0) is 14.7. The van der Waals surface area contributed by atoms with Gasteiger partial charge in [0.2, 0.25) is 0 Å². The van der Waals surface area contributed by atoms with Gasteiger partial charge in [-0.3, -0.25) is 0 Å². The fourth-order valence-corrected chi connectivity index (χ4v) is 2.07. The molecule has 4 heteroatoms. The number of nitrogens with one attached hydrogen (secondary N) is 1. The van der Waals surface area contributed by atoms with Crippen LogP contribution >= 0.6 is 0 Å². The molecule has 0 radical (unpaired) electrons. The molecule has 0 aliphatic rings. The number of aryl methyl sites for hydroxylation is 1. The van der Waals surface area contributed by atoms with Crippen molar-refractivity contribution < 1.29 is 8.81 Å². The summed E-state index contributed by atoms with van der Waals surface area (Å²) in [6, 6.07) is 14.6. The van der Waals surface area contributed by atoms with Crippen molar-refractivity contribution in [2.75, 3.05) is 5.32 Å². The molecule has 106 valence electrons. The topological polar surface area (TPSA) is 38.1 Å². The van der Waals surface area contributed by atoms with Crippen molar-refractivity contribution >= 4 is 11.7 Å². The van der Waals surface area contributed by atoms with E-state index in [4.69, 9.17) is 4.42 Å². The number of hydrogen-bond acceptors (Lipinski definition) is 3. The molecule has 1 aromatic heterocycles. The molecule has 3 nitrogen and oxygen atoms in total. The molecule has 0 saturated heterocycles. The first kappa shape index (κ1) is 13.4. The minimum Gasteiger partial charge on any atom is -0.423 e. The number of rotatable bonds is 4. The summed E-state index contributed by atoms with van der Waals surface area (Å²) in [7, 11) is 0.